The largest absolute Gasteiger partial charge is 0.334 e. The van der Waals surface area contributed by atoms with Gasteiger partial charge >= 0.3 is 0 Å². The summed E-state index contributed by atoms with van der Waals surface area (Å²) < 4.78 is 2.27. The van der Waals surface area contributed by atoms with E-state index in [-0.39, 0.29) is 6.04 Å². The molecule has 1 atom stereocenters. The van der Waals surface area contributed by atoms with Crippen LogP contribution in [0.25, 0.3) is 0 Å². The lowest BCUT2D eigenvalue weighted by molar-refractivity contribution is -0.0609. The van der Waals surface area contributed by atoms with Crippen molar-refractivity contribution in [3.63, 3.8) is 0 Å². The van der Waals surface area contributed by atoms with Crippen molar-refractivity contribution in [2.45, 2.75) is 70.9 Å². The molecule has 21 heavy (non-hydrogen) atoms. The maximum Gasteiger partial charge on any atom is 0.125 e. The topological polar surface area (TPSA) is 43.8 Å². The Kier molecular flexibility index (Phi) is 3.36. The van der Waals surface area contributed by atoms with E-state index in [1.807, 2.05) is 6.20 Å². The quantitative estimate of drug-likeness (QED) is 0.892. The van der Waals surface area contributed by atoms with Crippen LogP contribution in [0, 0.1) is 23.2 Å². The minimum absolute atomic E-state index is 0.128. The van der Waals surface area contributed by atoms with E-state index in [9.17, 15) is 0 Å². The van der Waals surface area contributed by atoms with E-state index in [0.717, 1.165) is 43.0 Å². The van der Waals surface area contributed by atoms with E-state index >= 15 is 0 Å². The first-order chi connectivity index (χ1) is 10.2. The minimum atomic E-state index is 0.128. The zero-order valence-corrected chi connectivity index (χ0v) is 13.3. The Labute approximate surface area is 128 Å². The average Bonchev–Trinajstić information content (AvgIpc) is 2.85. The van der Waals surface area contributed by atoms with E-state index in [1.54, 1.807) is 0 Å². The van der Waals surface area contributed by atoms with Crippen molar-refractivity contribution in [1.82, 2.24) is 9.55 Å². The molecule has 0 amide bonds. The molecular weight excluding hydrogens is 258 g/mol. The third-order valence-electron chi connectivity index (χ3n) is 6.36. The molecule has 4 saturated carbocycles. The van der Waals surface area contributed by atoms with Gasteiger partial charge in [-0.05, 0) is 74.5 Å². The summed E-state index contributed by atoms with van der Waals surface area (Å²) >= 11 is 0. The van der Waals surface area contributed by atoms with Crippen molar-refractivity contribution in [3.05, 3.63) is 18.2 Å². The normalized spacial score (nSPS) is 38.9. The molecule has 0 spiro atoms. The van der Waals surface area contributed by atoms with Gasteiger partial charge in [0.1, 0.15) is 5.82 Å². The number of hydrogen-bond acceptors (Lipinski definition) is 2. The molecule has 4 bridgehead atoms. The first-order valence-corrected chi connectivity index (χ1v) is 8.94. The zero-order chi connectivity index (χ0) is 14.4. The molecule has 0 radical (unpaired) electrons. The third-order valence-corrected chi connectivity index (χ3v) is 6.36. The summed E-state index contributed by atoms with van der Waals surface area (Å²) in [4.78, 5) is 4.57. The second-order valence-corrected chi connectivity index (χ2v) is 8.21. The van der Waals surface area contributed by atoms with Crippen molar-refractivity contribution >= 4 is 0 Å². The van der Waals surface area contributed by atoms with E-state index in [4.69, 9.17) is 5.73 Å². The van der Waals surface area contributed by atoms with Gasteiger partial charge in [-0.2, -0.15) is 0 Å². The highest BCUT2D eigenvalue weighted by molar-refractivity contribution is 5.06. The van der Waals surface area contributed by atoms with Crippen molar-refractivity contribution in [2.24, 2.45) is 28.9 Å². The fourth-order valence-corrected chi connectivity index (χ4v) is 6.18. The van der Waals surface area contributed by atoms with Gasteiger partial charge in [-0.1, -0.05) is 6.92 Å². The fraction of sp³-hybridized carbons (Fsp3) is 0.833. The highest BCUT2D eigenvalue weighted by atomic mass is 15.1. The standard InChI is InChI=1S/C18H29N3/c1-2-4-21-5-3-20-17(21)16(19)12-18-9-13-6-14(10-18)8-15(7-13)11-18/h3,5,13-16H,2,4,6-12,19H2,1H3. The van der Waals surface area contributed by atoms with Gasteiger partial charge in [0.05, 0.1) is 6.04 Å². The van der Waals surface area contributed by atoms with Gasteiger partial charge in [0.2, 0.25) is 0 Å². The zero-order valence-electron chi connectivity index (χ0n) is 13.3. The number of nitrogens with two attached hydrogens (primary N) is 1. The van der Waals surface area contributed by atoms with Crippen LogP contribution >= 0.6 is 0 Å². The lowest BCUT2D eigenvalue weighted by Crippen LogP contribution is -2.47. The van der Waals surface area contributed by atoms with Gasteiger partial charge in [-0.15, -0.1) is 0 Å². The van der Waals surface area contributed by atoms with E-state index in [1.165, 1.54) is 38.5 Å². The van der Waals surface area contributed by atoms with E-state index < -0.39 is 0 Å². The summed E-state index contributed by atoms with van der Waals surface area (Å²) in [6.07, 6.45) is 15.2. The average molecular weight is 287 g/mol. The van der Waals surface area contributed by atoms with Crippen LogP contribution in [0.4, 0.5) is 0 Å². The molecule has 1 unspecified atom stereocenters. The van der Waals surface area contributed by atoms with Gasteiger partial charge in [-0.25, -0.2) is 4.98 Å². The van der Waals surface area contributed by atoms with Gasteiger partial charge in [0.25, 0.3) is 0 Å². The summed E-state index contributed by atoms with van der Waals surface area (Å²) in [5, 5.41) is 0. The molecule has 3 heteroatoms. The summed E-state index contributed by atoms with van der Waals surface area (Å²) in [5.74, 6) is 4.16. The van der Waals surface area contributed by atoms with Crippen LogP contribution in [0.1, 0.15) is 70.2 Å². The van der Waals surface area contributed by atoms with Crippen molar-refractivity contribution in [3.8, 4) is 0 Å². The molecular formula is C18H29N3. The Morgan fingerprint density at radius 2 is 1.86 bits per heavy atom. The molecule has 4 fully saturated rings. The summed E-state index contributed by atoms with van der Waals surface area (Å²) in [5.41, 5.74) is 7.16. The molecule has 0 saturated heterocycles. The van der Waals surface area contributed by atoms with Crippen LogP contribution < -0.4 is 5.73 Å². The lowest BCUT2D eigenvalue weighted by atomic mass is 9.48. The molecule has 1 aromatic rings. The second-order valence-electron chi connectivity index (χ2n) is 8.21. The van der Waals surface area contributed by atoms with Crippen molar-refractivity contribution < 1.29 is 0 Å². The van der Waals surface area contributed by atoms with E-state index in [2.05, 4.69) is 22.7 Å². The molecule has 0 aliphatic heterocycles. The second kappa shape index (κ2) is 5.12. The van der Waals surface area contributed by atoms with Crippen LogP contribution in [-0.2, 0) is 6.54 Å². The highest BCUT2D eigenvalue weighted by Crippen LogP contribution is 2.62. The third kappa shape index (κ3) is 2.44. The minimum Gasteiger partial charge on any atom is -0.334 e. The lowest BCUT2D eigenvalue weighted by Gasteiger charge is -2.57. The SMILES string of the molecule is CCCn1ccnc1C(N)CC12CC3CC(CC(C3)C1)C2. The monoisotopic (exact) mass is 287 g/mol. The maximum absolute atomic E-state index is 6.61. The van der Waals surface area contributed by atoms with Crippen molar-refractivity contribution in [2.75, 3.05) is 0 Å². The molecule has 4 aliphatic rings. The van der Waals surface area contributed by atoms with Gasteiger partial charge in [-0.3, -0.25) is 0 Å². The van der Waals surface area contributed by atoms with Crippen LogP contribution in [0.2, 0.25) is 0 Å². The predicted molar refractivity (Wildman–Crippen MR) is 84.7 cm³/mol. The summed E-state index contributed by atoms with van der Waals surface area (Å²) in [6.45, 7) is 3.26. The molecule has 1 aromatic heterocycles. The smallest absolute Gasteiger partial charge is 0.125 e. The molecule has 116 valence electrons. The Balaban J connectivity index is 1.51. The number of aryl methyl sites for hydroxylation is 1. The number of rotatable bonds is 5. The van der Waals surface area contributed by atoms with Gasteiger partial charge in [0.15, 0.2) is 0 Å². The van der Waals surface area contributed by atoms with E-state index in [0.29, 0.717) is 5.41 Å². The van der Waals surface area contributed by atoms with Gasteiger partial charge < -0.3 is 10.3 Å². The molecule has 1 heterocycles. The summed E-state index contributed by atoms with van der Waals surface area (Å²) in [7, 11) is 0. The van der Waals surface area contributed by atoms with Gasteiger partial charge in [0, 0.05) is 18.9 Å². The number of nitrogens with zero attached hydrogens (tertiary/aromatic N) is 2. The number of imidazole rings is 1. The molecule has 3 nitrogen and oxygen atoms in total. The van der Waals surface area contributed by atoms with Crippen LogP contribution in [0.5, 0.6) is 0 Å². The molecule has 4 aliphatic carbocycles. The number of hydrogen-bond donors (Lipinski definition) is 1. The first-order valence-electron chi connectivity index (χ1n) is 8.94. The number of aromatic nitrogens is 2. The Bertz CT molecular complexity index is 469. The van der Waals surface area contributed by atoms with Crippen LogP contribution in [0.3, 0.4) is 0 Å². The van der Waals surface area contributed by atoms with Crippen molar-refractivity contribution in [1.29, 1.82) is 0 Å². The molecule has 0 aromatic carbocycles. The Morgan fingerprint density at radius 1 is 1.24 bits per heavy atom. The first kappa shape index (κ1) is 13.8. The Hall–Kier alpha value is -0.830. The maximum atomic E-state index is 6.61. The highest BCUT2D eigenvalue weighted by Gasteiger charge is 2.51. The molecule has 2 N–H and O–H groups in total. The van der Waals surface area contributed by atoms with Crippen LogP contribution in [0.15, 0.2) is 12.4 Å². The Morgan fingerprint density at radius 3 is 2.43 bits per heavy atom. The van der Waals surface area contributed by atoms with Crippen LogP contribution in [-0.4, -0.2) is 9.55 Å². The predicted octanol–water partition coefficient (Wildman–Crippen LogP) is 3.90. The fourth-order valence-electron chi connectivity index (χ4n) is 6.18. The summed E-state index contributed by atoms with van der Waals surface area (Å²) in [6, 6.07) is 0.128. The molecule has 5 rings (SSSR count).